The first-order valence-electron chi connectivity index (χ1n) is 26.0. The van der Waals surface area contributed by atoms with E-state index in [-0.39, 0.29) is 30.5 Å². The third kappa shape index (κ3) is 9.11. The van der Waals surface area contributed by atoms with Crippen molar-refractivity contribution in [1.29, 1.82) is 0 Å². The molecule has 0 saturated carbocycles. The van der Waals surface area contributed by atoms with Gasteiger partial charge in [-0.05, 0) is 81.3 Å². The lowest BCUT2D eigenvalue weighted by Gasteiger charge is -2.38. The normalized spacial score (nSPS) is 12.1. The summed E-state index contributed by atoms with van der Waals surface area (Å²) in [5.74, 6) is -92.2. The molecule has 0 saturated heterocycles. The van der Waals surface area contributed by atoms with Crippen LogP contribution in [-0.2, 0) is 0 Å². The molecule has 4 heterocycles. The lowest BCUT2D eigenvalue weighted by Crippen LogP contribution is -2.88. The predicted molar refractivity (Wildman–Crippen MR) is 276 cm³/mol. The quantitative estimate of drug-likeness (QED) is 0.0499. The molecule has 0 amide bonds. The first-order valence-corrected chi connectivity index (χ1v) is 26.0. The Bertz CT molecular complexity index is 4580. The molecule has 0 fully saturated rings. The zero-order valence-electron chi connectivity index (χ0n) is 45.5. The maximum absolute atomic E-state index is 16.0. The highest BCUT2D eigenvalue weighted by Crippen LogP contribution is 2.33. The van der Waals surface area contributed by atoms with Gasteiger partial charge >= 0.3 is 12.6 Å². The summed E-state index contributed by atoms with van der Waals surface area (Å²) in [5.41, 5.74) is -19.1. The Morgan fingerprint density at radius 1 is 0.198 bits per heavy atom. The van der Waals surface area contributed by atoms with Gasteiger partial charge in [0.1, 0.15) is 93.2 Å². The largest absolute Gasteiger partial charge is 0.406 e. The SMILES string of the molecule is Fc1c(F)c(F)c([B-](c2c(F)c(F)c(F)c(F)c2F)(c2c(F)c(F)c(F)c(F)c2F)[n+]2cccc3ccc4cccnc4c32)c(F)c1F.Fc1c(F)c(F)c([B-](c2c(F)c(F)c(F)c(F)c2F)(c2c(F)c(F)c(F)c(F)c2F)[n+]2cccc3ccc4cccnc4c32)c(F)c1F. The fraction of sp³-hybridized carbons (Fsp3) is 0. The zero-order chi connectivity index (χ0) is 70.3. The molecule has 4 aromatic heterocycles. The number of pyridine rings is 4. The third-order valence-electron chi connectivity index (χ3n) is 15.9. The molecule has 0 N–H and O–H groups in total. The van der Waals surface area contributed by atoms with Crippen molar-refractivity contribution in [2.75, 3.05) is 0 Å². The van der Waals surface area contributed by atoms with E-state index >= 15 is 52.7 Å². The Hall–Kier alpha value is -10.6. The van der Waals surface area contributed by atoms with Crippen LogP contribution in [0.3, 0.4) is 0 Å². The molecule has 0 radical (unpaired) electrons. The molecule has 36 heteroatoms. The van der Waals surface area contributed by atoms with Crippen molar-refractivity contribution >= 4 is 89.0 Å². The van der Waals surface area contributed by atoms with Gasteiger partial charge in [-0.25, -0.2) is 142 Å². The third-order valence-corrected chi connectivity index (χ3v) is 15.9. The number of benzene rings is 8. The maximum Gasteiger partial charge on any atom is 0.377 e. The van der Waals surface area contributed by atoms with E-state index in [9.17, 15) is 79.0 Å². The molecule has 0 atom stereocenters. The van der Waals surface area contributed by atoms with Crippen molar-refractivity contribution in [2.45, 2.75) is 0 Å². The van der Waals surface area contributed by atoms with Gasteiger partial charge in [-0.2, -0.15) is 0 Å². The summed E-state index contributed by atoms with van der Waals surface area (Å²) >= 11 is 0. The van der Waals surface area contributed by atoms with Crippen molar-refractivity contribution in [2.24, 2.45) is 0 Å². The van der Waals surface area contributed by atoms with Crippen LogP contribution in [-0.4, -0.2) is 22.5 Å². The van der Waals surface area contributed by atoms with E-state index in [1.807, 2.05) is 0 Å². The second-order valence-corrected chi connectivity index (χ2v) is 20.5. The summed E-state index contributed by atoms with van der Waals surface area (Å²) in [7, 11) is 0. The number of hydrogen-bond donors (Lipinski definition) is 0. The van der Waals surface area contributed by atoms with Crippen molar-refractivity contribution < 1.29 is 141 Å². The smallest absolute Gasteiger partial charge is 0.377 e. The molecular formula is C60H16B2F30N4. The highest BCUT2D eigenvalue weighted by molar-refractivity contribution is 7.06. The Morgan fingerprint density at radius 3 is 0.562 bits per heavy atom. The van der Waals surface area contributed by atoms with Crippen LogP contribution in [0.2, 0.25) is 0 Å². The summed E-state index contributed by atoms with van der Waals surface area (Å²) in [4.78, 5) is 7.90. The van der Waals surface area contributed by atoms with Crippen LogP contribution in [0.1, 0.15) is 0 Å². The molecule has 0 bridgehead atoms. The number of nitrogens with zero attached hydrogens (tertiary/aromatic N) is 4. The molecule has 96 heavy (non-hydrogen) atoms. The molecule has 0 aliphatic heterocycles. The van der Waals surface area contributed by atoms with Gasteiger partial charge in [0.15, 0.2) is 116 Å². The monoisotopic (exact) mass is 1380 g/mol. The highest BCUT2D eigenvalue weighted by Gasteiger charge is 2.60. The van der Waals surface area contributed by atoms with Gasteiger partial charge in [-0.15, -0.1) is 0 Å². The van der Waals surface area contributed by atoms with Crippen LogP contribution in [0.4, 0.5) is 132 Å². The van der Waals surface area contributed by atoms with E-state index in [2.05, 4.69) is 9.97 Å². The van der Waals surface area contributed by atoms with E-state index in [1.165, 1.54) is 36.4 Å². The summed E-state index contributed by atoms with van der Waals surface area (Å²) in [6, 6.07) is 13.5. The van der Waals surface area contributed by atoms with Crippen molar-refractivity contribution in [3.63, 3.8) is 0 Å². The average Bonchev–Trinajstić information content (AvgIpc) is 0.689. The summed E-state index contributed by atoms with van der Waals surface area (Å²) in [6.07, 6.45) is -9.33. The standard InChI is InChI=1S/2C30H8BF15N2/c2*32-14-11(15(33)21(39)26(44)20(14)38)31(12-16(34)22(40)27(45)23(41)17(12)35,13-18(36)24(42)28(46)25(43)19(13)37)48-8-2-4-10-6-5-9-3-1-7-47-29(9)30(10)48/h2*1-8H. The van der Waals surface area contributed by atoms with Crippen molar-refractivity contribution in [3.8, 4) is 0 Å². The van der Waals surface area contributed by atoms with Crippen LogP contribution >= 0.6 is 0 Å². The van der Waals surface area contributed by atoms with E-state index in [0.29, 0.717) is 12.4 Å². The summed E-state index contributed by atoms with van der Waals surface area (Å²) < 4.78 is 457. The molecule has 4 nitrogen and oxygen atoms in total. The van der Waals surface area contributed by atoms with Crippen LogP contribution in [0.15, 0.2) is 97.6 Å². The van der Waals surface area contributed by atoms with Gasteiger partial charge in [0.05, 0.1) is 0 Å². The number of hydrogen-bond acceptors (Lipinski definition) is 2. The molecular weight excluding hydrogens is 1370 g/mol. The molecule has 0 spiro atoms. The van der Waals surface area contributed by atoms with E-state index in [4.69, 9.17) is 0 Å². The number of aromatic nitrogens is 4. The Labute approximate surface area is 510 Å². The first kappa shape index (κ1) is 66.9. The van der Waals surface area contributed by atoms with Crippen LogP contribution in [0, 0.1) is 175 Å². The van der Waals surface area contributed by atoms with Crippen molar-refractivity contribution in [3.05, 3.63) is 272 Å². The predicted octanol–water partition coefficient (Wildman–Crippen LogP) is 12.6. The molecule has 492 valence electrons. The Kier molecular flexibility index (Phi) is 16.5. The number of halogens is 30. The van der Waals surface area contributed by atoms with Crippen molar-refractivity contribution in [1.82, 2.24) is 9.97 Å². The van der Waals surface area contributed by atoms with E-state index in [1.54, 1.807) is 0 Å². The topological polar surface area (TPSA) is 33.5 Å². The minimum Gasteiger partial charge on any atom is -0.406 e. The highest BCUT2D eigenvalue weighted by atomic mass is 19.2. The van der Waals surface area contributed by atoms with Crippen LogP contribution in [0.25, 0.3) is 43.6 Å². The Balaban J connectivity index is 0.000000195. The number of fused-ring (bicyclic) bond motifs is 6. The number of rotatable bonds is 8. The first-order chi connectivity index (χ1) is 45.2. The fourth-order valence-electron chi connectivity index (χ4n) is 12.0. The maximum atomic E-state index is 16.0. The van der Waals surface area contributed by atoms with E-state index in [0.717, 1.165) is 48.8 Å². The van der Waals surface area contributed by atoms with Gasteiger partial charge < -0.3 is 8.96 Å². The molecule has 0 aliphatic rings. The average molecular weight is 1380 g/mol. The van der Waals surface area contributed by atoms with Gasteiger partial charge in [0, 0.05) is 33.9 Å². The lowest BCUT2D eigenvalue weighted by molar-refractivity contribution is -0.509. The second kappa shape index (κ2) is 23.7. The molecule has 12 rings (SSSR count). The van der Waals surface area contributed by atoms with Gasteiger partial charge in [-0.1, -0.05) is 24.3 Å². The van der Waals surface area contributed by atoms with Gasteiger partial charge in [-0.3, -0.25) is 0 Å². The minimum atomic E-state index is -6.03. The summed E-state index contributed by atoms with van der Waals surface area (Å²) in [5, 5.41) is -0.679. The molecule has 8 aromatic carbocycles. The Morgan fingerprint density at radius 2 is 0.365 bits per heavy atom. The minimum absolute atomic E-state index is 0.0260. The fourth-order valence-corrected chi connectivity index (χ4v) is 12.0. The van der Waals surface area contributed by atoms with Crippen LogP contribution in [0.5, 0.6) is 0 Å². The lowest BCUT2D eigenvalue weighted by atomic mass is 9.23. The molecule has 0 aliphatic carbocycles. The van der Waals surface area contributed by atoms with E-state index < -0.39 is 242 Å². The molecule has 0 unspecified atom stereocenters. The summed E-state index contributed by atoms with van der Waals surface area (Å²) in [6.45, 7) is 0. The zero-order valence-corrected chi connectivity index (χ0v) is 45.5. The van der Waals surface area contributed by atoms with Gasteiger partial charge in [0.2, 0.25) is 0 Å². The second-order valence-electron chi connectivity index (χ2n) is 20.5. The molecule has 12 aromatic rings. The van der Waals surface area contributed by atoms with Crippen LogP contribution < -0.4 is 41.7 Å². The van der Waals surface area contributed by atoms with Gasteiger partial charge in [0.25, 0.3) is 0 Å².